The lowest BCUT2D eigenvalue weighted by Gasteiger charge is -2.33. The molecule has 1 aliphatic heterocycles. The molecule has 2 rings (SSSR count). The molecule has 1 heterocycles. The maximum atomic E-state index is 13.7. The monoisotopic (exact) mass is 591 g/mol. The van der Waals surface area contributed by atoms with E-state index < -0.39 is 49.5 Å². The van der Waals surface area contributed by atoms with Gasteiger partial charge in [0.05, 0.1) is 18.4 Å². The van der Waals surface area contributed by atoms with Gasteiger partial charge in [-0.25, -0.2) is 5.06 Å². The Kier molecular flexibility index (Phi) is 11.8. The van der Waals surface area contributed by atoms with Gasteiger partial charge < -0.3 is 9.84 Å². The molecule has 40 heavy (non-hydrogen) atoms. The van der Waals surface area contributed by atoms with Gasteiger partial charge in [-0.2, -0.15) is 39.5 Å². The number of aliphatic hydroxyl groups excluding tert-OH is 1. The second-order valence-electron chi connectivity index (χ2n) is 9.60. The minimum absolute atomic E-state index is 0.0230. The third-order valence-corrected chi connectivity index (χ3v) is 6.46. The lowest BCUT2D eigenvalue weighted by molar-refractivity contribution is -0.396. The number of ether oxygens (including phenoxy) is 1. The summed E-state index contributed by atoms with van der Waals surface area (Å²) in [6.07, 6.45) is -3.85. The molecule has 4 nitrogen and oxygen atoms in total. The number of benzene rings is 1. The molecule has 1 aliphatic rings. The van der Waals surface area contributed by atoms with Crippen molar-refractivity contribution in [1.29, 1.82) is 0 Å². The van der Waals surface area contributed by atoms with Crippen LogP contribution in [0.1, 0.15) is 70.3 Å². The summed E-state index contributed by atoms with van der Waals surface area (Å²) in [5.74, 6) is -19.1. The zero-order valence-electron chi connectivity index (χ0n) is 22.1. The van der Waals surface area contributed by atoms with Gasteiger partial charge in [0.2, 0.25) is 0 Å². The van der Waals surface area contributed by atoms with Crippen LogP contribution in [0.25, 0.3) is 6.08 Å². The molecule has 1 aromatic carbocycles. The summed E-state index contributed by atoms with van der Waals surface area (Å²) in [7, 11) is 0. The van der Waals surface area contributed by atoms with Crippen LogP contribution in [-0.2, 0) is 9.57 Å². The molecule has 0 aromatic heterocycles. The number of hydrogen-bond acceptors (Lipinski definition) is 4. The average Bonchev–Trinajstić information content (AvgIpc) is 2.87. The predicted molar refractivity (Wildman–Crippen MR) is 132 cm³/mol. The quantitative estimate of drug-likeness (QED) is 0.145. The van der Waals surface area contributed by atoms with E-state index in [2.05, 4.69) is 6.58 Å². The van der Waals surface area contributed by atoms with Crippen LogP contribution < -0.4 is 5.06 Å². The Morgan fingerprint density at radius 2 is 1.50 bits per heavy atom. The molecule has 1 unspecified atom stereocenters. The van der Waals surface area contributed by atoms with Crippen LogP contribution in [0.4, 0.5) is 45.2 Å². The summed E-state index contributed by atoms with van der Waals surface area (Å²) in [4.78, 5) is 5.79. The number of unbranched alkanes of at least 4 members (excludes halogenated alkanes) is 3. The fourth-order valence-electron chi connectivity index (χ4n) is 4.08. The molecule has 0 saturated carbocycles. The van der Waals surface area contributed by atoms with Crippen molar-refractivity contribution in [3.63, 3.8) is 0 Å². The Hall–Kier alpha value is -2.41. The first-order chi connectivity index (χ1) is 18.6. The summed E-state index contributed by atoms with van der Waals surface area (Å²) in [5.41, 5.74) is 1.78. The van der Waals surface area contributed by atoms with E-state index >= 15 is 0 Å². The summed E-state index contributed by atoms with van der Waals surface area (Å²) in [6, 6.07) is 7.27. The summed E-state index contributed by atoms with van der Waals surface area (Å²) < 4.78 is 123. The second-order valence-corrected chi connectivity index (χ2v) is 9.60. The summed E-state index contributed by atoms with van der Waals surface area (Å²) in [5, 5.41) is 11.5. The van der Waals surface area contributed by atoms with E-state index in [0.717, 1.165) is 24.1 Å². The average molecular weight is 592 g/mol. The van der Waals surface area contributed by atoms with Crippen LogP contribution in [0.5, 0.6) is 0 Å². The minimum atomic E-state index is -6.88. The third kappa shape index (κ3) is 8.08. The van der Waals surface area contributed by atoms with Gasteiger partial charge in [0.1, 0.15) is 11.5 Å². The highest BCUT2D eigenvalue weighted by atomic mass is 19.4. The Morgan fingerprint density at radius 1 is 0.850 bits per heavy atom. The van der Waals surface area contributed by atoms with Crippen molar-refractivity contribution >= 4 is 11.8 Å². The van der Waals surface area contributed by atoms with Gasteiger partial charge in [0, 0.05) is 18.6 Å². The molecule has 1 atom stereocenters. The number of fused-ring (bicyclic) bond motifs is 1. The van der Waals surface area contributed by atoms with Gasteiger partial charge in [-0.05, 0) is 37.8 Å². The normalized spacial score (nSPS) is 15.7. The molecule has 0 spiro atoms. The number of halogens is 9. The number of rotatable bonds is 17. The van der Waals surface area contributed by atoms with Gasteiger partial charge in [-0.3, -0.25) is 4.84 Å². The van der Waals surface area contributed by atoms with Gasteiger partial charge >= 0.3 is 23.9 Å². The van der Waals surface area contributed by atoms with Crippen molar-refractivity contribution in [2.24, 2.45) is 0 Å². The molecule has 228 valence electrons. The number of para-hydroxylation sites is 1. The SMILES string of the molecule is C=C1C(O)=Cc2ccccc2N1OCCCCCC(CCCC)OCCCC(F)(F)C(F)(F)C(F)(F)C(F)(F)F. The number of anilines is 1. The van der Waals surface area contributed by atoms with E-state index in [1.54, 1.807) is 6.08 Å². The summed E-state index contributed by atoms with van der Waals surface area (Å²) >= 11 is 0. The van der Waals surface area contributed by atoms with E-state index in [4.69, 9.17) is 9.57 Å². The highest BCUT2D eigenvalue weighted by molar-refractivity contribution is 5.76. The molecule has 1 N–H and O–H groups in total. The number of nitrogens with zero attached hydrogens (tertiary/aromatic N) is 1. The Morgan fingerprint density at radius 3 is 2.15 bits per heavy atom. The van der Waals surface area contributed by atoms with Crippen LogP contribution in [0.2, 0.25) is 0 Å². The maximum absolute atomic E-state index is 13.7. The number of aliphatic hydroxyl groups is 1. The number of hydroxylamine groups is 1. The van der Waals surface area contributed by atoms with Crippen LogP contribution in [0.3, 0.4) is 0 Å². The fraction of sp³-hybridized carbons (Fsp3) is 0.630. The first-order valence-electron chi connectivity index (χ1n) is 13.0. The van der Waals surface area contributed by atoms with Gasteiger partial charge in [-0.15, -0.1) is 0 Å². The van der Waals surface area contributed by atoms with Crippen molar-refractivity contribution in [3.8, 4) is 0 Å². The molecular weight excluding hydrogens is 557 g/mol. The van der Waals surface area contributed by atoms with E-state index in [1.165, 1.54) is 5.06 Å². The largest absolute Gasteiger partial charge is 0.506 e. The molecule has 0 radical (unpaired) electrons. The van der Waals surface area contributed by atoms with E-state index in [1.807, 2.05) is 31.2 Å². The van der Waals surface area contributed by atoms with Crippen LogP contribution in [0, 0.1) is 0 Å². The Bertz CT molecular complexity index is 996. The Balaban J connectivity index is 1.77. The highest BCUT2D eigenvalue weighted by Crippen LogP contribution is 2.54. The first-order valence-corrected chi connectivity index (χ1v) is 13.0. The van der Waals surface area contributed by atoms with Crippen LogP contribution >= 0.6 is 0 Å². The van der Waals surface area contributed by atoms with E-state index in [-0.39, 0.29) is 11.5 Å². The van der Waals surface area contributed by atoms with Crippen molar-refractivity contribution in [2.75, 3.05) is 18.3 Å². The standard InChI is InChI=1S/C27H34F9NO3/c1-3-4-12-21(39-16-10-15-24(28,29)25(30,31)26(32,33)27(34,35)36)13-6-5-9-17-40-37-19(2)23(38)18-20-11-7-8-14-22(20)37/h7-8,11,14,18,21,38H,2-6,9-10,12-13,15-17H2,1H3. The first kappa shape index (κ1) is 33.8. The topological polar surface area (TPSA) is 41.9 Å². The fourth-order valence-corrected chi connectivity index (χ4v) is 4.08. The van der Waals surface area contributed by atoms with Crippen LogP contribution in [0.15, 0.2) is 42.3 Å². The van der Waals surface area contributed by atoms with Gasteiger partial charge in [-0.1, -0.05) is 57.4 Å². The second kappa shape index (κ2) is 14.0. The molecule has 0 amide bonds. The summed E-state index contributed by atoms with van der Waals surface area (Å²) in [6.45, 7) is 5.54. The number of alkyl halides is 9. The molecule has 0 saturated heterocycles. The van der Waals surface area contributed by atoms with Crippen molar-refractivity contribution < 1.29 is 54.2 Å². The maximum Gasteiger partial charge on any atom is 0.460 e. The molecule has 13 heteroatoms. The number of hydrogen-bond donors (Lipinski definition) is 1. The zero-order valence-corrected chi connectivity index (χ0v) is 22.1. The highest BCUT2D eigenvalue weighted by Gasteiger charge is 2.81. The predicted octanol–water partition coefficient (Wildman–Crippen LogP) is 9.23. The van der Waals surface area contributed by atoms with Crippen molar-refractivity contribution in [3.05, 3.63) is 47.9 Å². The smallest absolute Gasteiger partial charge is 0.460 e. The van der Waals surface area contributed by atoms with E-state index in [0.29, 0.717) is 38.7 Å². The van der Waals surface area contributed by atoms with Crippen LogP contribution in [-0.4, -0.2) is 48.4 Å². The lowest BCUT2D eigenvalue weighted by Crippen LogP contribution is -2.60. The molecule has 0 aliphatic carbocycles. The van der Waals surface area contributed by atoms with Gasteiger partial charge in [0.15, 0.2) is 0 Å². The minimum Gasteiger partial charge on any atom is -0.506 e. The molecule has 1 aromatic rings. The molecule has 0 fully saturated rings. The molecule has 0 bridgehead atoms. The van der Waals surface area contributed by atoms with Gasteiger partial charge in [0.25, 0.3) is 0 Å². The lowest BCUT2D eigenvalue weighted by atomic mass is 10.00. The Labute approximate surface area is 227 Å². The van der Waals surface area contributed by atoms with E-state index in [9.17, 15) is 44.6 Å². The third-order valence-electron chi connectivity index (χ3n) is 6.46. The zero-order chi connectivity index (χ0) is 30.2. The van der Waals surface area contributed by atoms with Crippen molar-refractivity contribution in [2.45, 2.75) is 94.8 Å². The molecular formula is C27H34F9NO3. The van der Waals surface area contributed by atoms with Crippen molar-refractivity contribution in [1.82, 2.24) is 0 Å².